The van der Waals surface area contributed by atoms with Crippen molar-refractivity contribution in [2.45, 2.75) is 24.2 Å². The number of hydrogen-bond acceptors (Lipinski definition) is 7. The van der Waals surface area contributed by atoms with Crippen molar-refractivity contribution in [3.8, 4) is 11.5 Å². The molecule has 1 fully saturated rings. The van der Waals surface area contributed by atoms with Crippen LogP contribution in [-0.4, -0.2) is 69.8 Å². The summed E-state index contributed by atoms with van der Waals surface area (Å²) in [6.07, 6.45) is 0.781. The smallest absolute Gasteiger partial charge is 0.246 e. The molecule has 0 atom stereocenters. The van der Waals surface area contributed by atoms with Gasteiger partial charge in [-0.2, -0.15) is 4.31 Å². The largest absolute Gasteiger partial charge is 0.497 e. The number of piperazine rings is 1. The Kier molecular flexibility index (Phi) is 7.61. The average molecular weight is 414 g/mol. The standard InChI is InChI=1S/C17H26N4O6S/c1-26-13-6-7-15(14(12-13)27-2)28(24,25)21-10-8-20(9-11-21)17(23)5-3-4-16(22)19-18/h6-7,12H,3-5,8-11,18H2,1-2H3,(H,19,22). The number of carbonyl (C=O) groups excluding carboxylic acids is 2. The molecule has 1 aromatic carbocycles. The topological polar surface area (TPSA) is 131 Å². The molecule has 0 spiro atoms. The van der Waals surface area contributed by atoms with Crippen LogP contribution in [-0.2, 0) is 19.6 Å². The Morgan fingerprint density at radius 1 is 1.11 bits per heavy atom. The first-order valence-corrected chi connectivity index (χ1v) is 10.3. The van der Waals surface area contributed by atoms with E-state index >= 15 is 0 Å². The molecule has 1 saturated heterocycles. The number of sulfonamides is 1. The Balaban J connectivity index is 1.98. The maximum Gasteiger partial charge on any atom is 0.246 e. The van der Waals surface area contributed by atoms with Crippen molar-refractivity contribution in [1.29, 1.82) is 0 Å². The Morgan fingerprint density at radius 2 is 1.79 bits per heavy atom. The lowest BCUT2D eigenvalue weighted by atomic mass is 10.2. The molecule has 10 nitrogen and oxygen atoms in total. The molecule has 2 amide bonds. The number of nitrogens with zero attached hydrogens (tertiary/aromatic N) is 2. The van der Waals surface area contributed by atoms with Crippen LogP contribution in [0.4, 0.5) is 0 Å². The molecule has 0 unspecified atom stereocenters. The van der Waals surface area contributed by atoms with E-state index in [1.54, 1.807) is 11.0 Å². The number of hydrazine groups is 1. The van der Waals surface area contributed by atoms with Crippen LogP contribution in [0.1, 0.15) is 19.3 Å². The summed E-state index contributed by atoms with van der Waals surface area (Å²) < 4.78 is 37.6. The molecule has 0 aromatic heterocycles. The second-order valence-electron chi connectivity index (χ2n) is 6.22. The van der Waals surface area contributed by atoms with Gasteiger partial charge in [-0.3, -0.25) is 15.0 Å². The van der Waals surface area contributed by atoms with E-state index in [2.05, 4.69) is 0 Å². The van der Waals surface area contributed by atoms with Gasteiger partial charge in [0.25, 0.3) is 0 Å². The van der Waals surface area contributed by atoms with E-state index in [9.17, 15) is 18.0 Å². The molecule has 0 aliphatic carbocycles. The van der Waals surface area contributed by atoms with Gasteiger partial charge < -0.3 is 14.4 Å². The van der Waals surface area contributed by atoms with Crippen LogP contribution in [0.15, 0.2) is 23.1 Å². The number of nitrogens with one attached hydrogen (secondary N) is 1. The van der Waals surface area contributed by atoms with Crippen LogP contribution in [0.2, 0.25) is 0 Å². The monoisotopic (exact) mass is 414 g/mol. The average Bonchev–Trinajstić information content (AvgIpc) is 2.72. The van der Waals surface area contributed by atoms with Crippen LogP contribution in [0.3, 0.4) is 0 Å². The Hall–Kier alpha value is -2.37. The van der Waals surface area contributed by atoms with Crippen molar-refractivity contribution >= 4 is 21.8 Å². The molecule has 0 radical (unpaired) electrons. The lowest BCUT2D eigenvalue weighted by Gasteiger charge is -2.34. The van der Waals surface area contributed by atoms with E-state index < -0.39 is 10.0 Å². The van der Waals surface area contributed by atoms with Crippen LogP contribution >= 0.6 is 0 Å². The highest BCUT2D eigenvalue weighted by Crippen LogP contribution is 2.31. The van der Waals surface area contributed by atoms with Gasteiger partial charge in [0.15, 0.2) is 0 Å². The summed E-state index contributed by atoms with van der Waals surface area (Å²) in [6, 6.07) is 4.53. The SMILES string of the molecule is COc1ccc(S(=O)(=O)N2CCN(C(=O)CCCC(=O)NN)CC2)c(OC)c1. The number of benzene rings is 1. The van der Waals surface area contributed by atoms with Gasteiger partial charge in [-0.1, -0.05) is 0 Å². The minimum Gasteiger partial charge on any atom is -0.497 e. The molecule has 156 valence electrons. The first kappa shape index (κ1) is 21.9. The zero-order chi connectivity index (χ0) is 20.7. The van der Waals surface area contributed by atoms with Gasteiger partial charge in [0, 0.05) is 45.1 Å². The molecule has 3 N–H and O–H groups in total. The number of nitrogens with two attached hydrogens (primary N) is 1. The van der Waals surface area contributed by atoms with Crippen molar-refractivity contribution in [3.05, 3.63) is 18.2 Å². The van der Waals surface area contributed by atoms with Gasteiger partial charge in [0.05, 0.1) is 14.2 Å². The van der Waals surface area contributed by atoms with Crippen LogP contribution < -0.4 is 20.7 Å². The van der Waals surface area contributed by atoms with E-state index in [1.807, 2.05) is 5.43 Å². The zero-order valence-electron chi connectivity index (χ0n) is 16.0. The van der Waals surface area contributed by atoms with Crippen LogP contribution in [0.5, 0.6) is 11.5 Å². The second-order valence-corrected chi connectivity index (χ2v) is 8.13. The number of rotatable bonds is 8. The summed E-state index contributed by atoms with van der Waals surface area (Å²) in [5.74, 6) is 5.27. The molecule has 0 bridgehead atoms. The van der Waals surface area contributed by atoms with E-state index in [-0.39, 0.29) is 48.4 Å². The molecule has 2 rings (SSSR count). The third kappa shape index (κ3) is 5.12. The summed E-state index contributed by atoms with van der Waals surface area (Å²) in [5.41, 5.74) is 2.02. The highest BCUT2D eigenvalue weighted by molar-refractivity contribution is 7.89. The fraction of sp³-hybridized carbons (Fsp3) is 0.529. The van der Waals surface area contributed by atoms with Gasteiger partial charge in [0.2, 0.25) is 21.8 Å². The number of hydrogen-bond donors (Lipinski definition) is 2. The molecule has 28 heavy (non-hydrogen) atoms. The van der Waals surface area contributed by atoms with Crippen LogP contribution in [0, 0.1) is 0 Å². The molecular weight excluding hydrogens is 388 g/mol. The third-order valence-electron chi connectivity index (χ3n) is 4.54. The third-order valence-corrected chi connectivity index (χ3v) is 6.47. The highest BCUT2D eigenvalue weighted by atomic mass is 32.2. The summed E-state index contributed by atoms with van der Waals surface area (Å²) in [6.45, 7) is 0.957. The lowest BCUT2D eigenvalue weighted by molar-refractivity contribution is -0.132. The van der Waals surface area contributed by atoms with E-state index in [1.165, 1.54) is 30.7 Å². The summed E-state index contributed by atoms with van der Waals surface area (Å²) in [7, 11) is -0.877. The summed E-state index contributed by atoms with van der Waals surface area (Å²) >= 11 is 0. The van der Waals surface area contributed by atoms with Gasteiger partial charge in [0.1, 0.15) is 16.4 Å². The highest BCUT2D eigenvalue weighted by Gasteiger charge is 2.32. The fourth-order valence-corrected chi connectivity index (χ4v) is 4.49. The maximum absolute atomic E-state index is 13.0. The van der Waals surface area contributed by atoms with Gasteiger partial charge >= 0.3 is 0 Å². The summed E-state index contributed by atoms with van der Waals surface area (Å²) in [4.78, 5) is 25.0. The van der Waals surface area contributed by atoms with Gasteiger partial charge in [-0.05, 0) is 18.6 Å². The fourth-order valence-electron chi connectivity index (χ4n) is 2.94. The first-order valence-electron chi connectivity index (χ1n) is 8.83. The lowest BCUT2D eigenvalue weighted by Crippen LogP contribution is -2.50. The zero-order valence-corrected chi connectivity index (χ0v) is 16.8. The number of methoxy groups -OCH3 is 2. The van der Waals surface area contributed by atoms with Crippen LogP contribution in [0.25, 0.3) is 0 Å². The molecule has 1 heterocycles. The number of ether oxygens (including phenoxy) is 2. The predicted molar refractivity (Wildman–Crippen MR) is 101 cm³/mol. The quantitative estimate of drug-likeness (QED) is 0.339. The van der Waals surface area contributed by atoms with Crippen molar-refractivity contribution in [3.63, 3.8) is 0 Å². The minimum absolute atomic E-state index is 0.0587. The summed E-state index contributed by atoms with van der Waals surface area (Å²) in [5, 5.41) is 0. The van der Waals surface area contributed by atoms with Gasteiger partial charge in [-0.25, -0.2) is 14.3 Å². The van der Waals surface area contributed by atoms with E-state index in [4.69, 9.17) is 15.3 Å². The molecule has 1 aromatic rings. The molecule has 1 aliphatic rings. The maximum atomic E-state index is 13.0. The minimum atomic E-state index is -3.76. The molecule has 11 heteroatoms. The Morgan fingerprint density at radius 3 is 2.36 bits per heavy atom. The number of carbonyl (C=O) groups is 2. The van der Waals surface area contributed by atoms with Crippen molar-refractivity contribution in [2.75, 3.05) is 40.4 Å². The van der Waals surface area contributed by atoms with Crippen molar-refractivity contribution < 1.29 is 27.5 Å². The second kappa shape index (κ2) is 9.71. The Bertz CT molecular complexity index is 806. The van der Waals surface area contributed by atoms with Gasteiger partial charge in [-0.15, -0.1) is 0 Å². The molecule has 1 aliphatic heterocycles. The number of amides is 2. The predicted octanol–water partition coefficient (Wildman–Crippen LogP) is -0.303. The first-order chi connectivity index (χ1) is 13.3. The molecule has 0 saturated carbocycles. The van der Waals surface area contributed by atoms with E-state index in [0.29, 0.717) is 25.3 Å². The van der Waals surface area contributed by atoms with Crippen molar-refractivity contribution in [1.82, 2.24) is 14.6 Å². The molecular formula is C17H26N4O6S. The normalized spacial score (nSPS) is 15.2. The van der Waals surface area contributed by atoms with Crippen molar-refractivity contribution in [2.24, 2.45) is 5.84 Å². The Labute approximate surface area is 164 Å². The van der Waals surface area contributed by atoms with E-state index in [0.717, 1.165) is 0 Å².